The van der Waals surface area contributed by atoms with Crippen molar-refractivity contribution < 1.29 is 14.3 Å². The second-order valence-corrected chi connectivity index (χ2v) is 6.94. The van der Waals surface area contributed by atoms with Gasteiger partial charge in [-0.1, -0.05) is 11.6 Å². The van der Waals surface area contributed by atoms with Crippen LogP contribution in [0.4, 0.5) is 0 Å². The smallest absolute Gasteiger partial charge is 0.253 e. The predicted molar refractivity (Wildman–Crippen MR) is 88.5 cm³/mol. The van der Waals surface area contributed by atoms with E-state index in [9.17, 15) is 4.79 Å². The van der Waals surface area contributed by atoms with Crippen LogP contribution in [0, 0.1) is 9.49 Å². The van der Waals surface area contributed by atoms with Crippen LogP contribution in [0.5, 0.6) is 0 Å². The molecule has 0 N–H and O–H groups in total. The summed E-state index contributed by atoms with van der Waals surface area (Å²) >= 11 is 8.15. The first-order valence-electron chi connectivity index (χ1n) is 7.12. The number of halogens is 2. The molecule has 0 atom stereocenters. The minimum atomic E-state index is -0.0706. The monoisotopic (exact) mass is 421 g/mol. The number of likely N-dealkylation sites (tertiary alicyclic amines) is 1. The molecule has 2 fully saturated rings. The van der Waals surface area contributed by atoms with Crippen molar-refractivity contribution in [3.8, 4) is 0 Å². The molecule has 0 aliphatic carbocycles. The summed E-state index contributed by atoms with van der Waals surface area (Å²) in [5.74, 6) is 0.484. The van der Waals surface area contributed by atoms with Crippen molar-refractivity contribution >= 4 is 40.1 Å². The highest BCUT2D eigenvalue weighted by molar-refractivity contribution is 14.1. The van der Waals surface area contributed by atoms with Gasteiger partial charge in [-0.3, -0.25) is 4.79 Å². The van der Waals surface area contributed by atoms with Gasteiger partial charge < -0.3 is 14.4 Å². The number of nitrogens with zero attached hydrogens (tertiary/aromatic N) is 1. The zero-order valence-electron chi connectivity index (χ0n) is 11.6. The van der Waals surface area contributed by atoms with Crippen molar-refractivity contribution in [2.45, 2.75) is 19.1 Å². The van der Waals surface area contributed by atoms with Crippen molar-refractivity contribution in [3.63, 3.8) is 0 Å². The number of rotatable bonds is 2. The molecule has 0 bridgehead atoms. The Hall–Kier alpha value is -0.370. The average molecular weight is 422 g/mol. The average Bonchev–Trinajstić information content (AvgIpc) is 3.04. The van der Waals surface area contributed by atoms with Crippen molar-refractivity contribution in [3.05, 3.63) is 32.4 Å². The van der Waals surface area contributed by atoms with Crippen LogP contribution in [0.15, 0.2) is 18.2 Å². The highest BCUT2D eigenvalue weighted by atomic mass is 127. The quantitative estimate of drug-likeness (QED) is 0.689. The van der Waals surface area contributed by atoms with E-state index < -0.39 is 0 Å². The normalized spacial score (nSPS) is 21.0. The lowest BCUT2D eigenvalue weighted by Crippen LogP contribution is -2.41. The number of hydrogen-bond acceptors (Lipinski definition) is 3. The first kappa shape index (κ1) is 15.5. The number of piperidine rings is 1. The molecule has 0 spiro atoms. The maximum Gasteiger partial charge on any atom is 0.253 e. The van der Waals surface area contributed by atoms with Crippen LogP contribution in [0.25, 0.3) is 0 Å². The Morgan fingerprint density at radius 3 is 2.52 bits per heavy atom. The molecule has 0 unspecified atom stereocenters. The summed E-state index contributed by atoms with van der Waals surface area (Å²) in [5, 5.41) is 0.682. The second kappa shape index (κ2) is 6.81. The van der Waals surface area contributed by atoms with Crippen LogP contribution in [-0.4, -0.2) is 43.4 Å². The maximum atomic E-state index is 12.5. The molecule has 114 valence electrons. The summed E-state index contributed by atoms with van der Waals surface area (Å²) in [5.41, 5.74) is 0.704. The van der Waals surface area contributed by atoms with Gasteiger partial charge in [0.15, 0.2) is 6.29 Å². The van der Waals surface area contributed by atoms with E-state index >= 15 is 0 Å². The number of benzene rings is 1. The summed E-state index contributed by atoms with van der Waals surface area (Å²) in [6.07, 6.45) is 1.79. The maximum absolute atomic E-state index is 12.5. The molecule has 0 radical (unpaired) electrons. The molecule has 4 nitrogen and oxygen atoms in total. The summed E-state index contributed by atoms with van der Waals surface area (Å²) in [6.45, 7) is 2.89. The molecule has 1 aromatic rings. The van der Waals surface area contributed by atoms with Crippen molar-refractivity contribution in [2.24, 2.45) is 5.92 Å². The minimum Gasteiger partial charge on any atom is -0.350 e. The second-order valence-electron chi connectivity index (χ2n) is 5.37. The van der Waals surface area contributed by atoms with E-state index in [4.69, 9.17) is 21.1 Å². The van der Waals surface area contributed by atoms with Crippen LogP contribution >= 0.6 is 34.2 Å². The van der Waals surface area contributed by atoms with Gasteiger partial charge >= 0.3 is 0 Å². The van der Waals surface area contributed by atoms with Gasteiger partial charge in [-0.05, 0) is 53.6 Å². The zero-order chi connectivity index (χ0) is 14.8. The van der Waals surface area contributed by atoms with E-state index in [-0.39, 0.29) is 12.2 Å². The molecule has 1 aromatic carbocycles. The highest BCUT2D eigenvalue weighted by Crippen LogP contribution is 2.27. The van der Waals surface area contributed by atoms with Gasteiger partial charge in [0, 0.05) is 28.1 Å². The lowest BCUT2D eigenvalue weighted by Gasteiger charge is -2.34. The summed E-state index contributed by atoms with van der Waals surface area (Å²) in [6, 6.07) is 5.42. The molecular formula is C15H17ClINO3. The Kier molecular flexibility index (Phi) is 5.03. The fraction of sp³-hybridized carbons (Fsp3) is 0.533. The van der Waals surface area contributed by atoms with E-state index in [1.165, 1.54) is 0 Å². The highest BCUT2D eigenvalue weighted by Gasteiger charge is 2.32. The SMILES string of the molecule is O=C(c1ccc(Cl)c(I)c1)N1CCC(C2OCCO2)CC1. The van der Waals surface area contributed by atoms with Crippen LogP contribution < -0.4 is 0 Å². The first-order valence-corrected chi connectivity index (χ1v) is 8.58. The molecule has 21 heavy (non-hydrogen) atoms. The van der Waals surface area contributed by atoms with E-state index in [1.54, 1.807) is 12.1 Å². The van der Waals surface area contributed by atoms with Crippen LogP contribution in [0.3, 0.4) is 0 Å². The van der Waals surface area contributed by atoms with Crippen molar-refractivity contribution in [1.82, 2.24) is 4.90 Å². The third kappa shape index (κ3) is 3.52. The van der Waals surface area contributed by atoms with Gasteiger partial charge in [0.1, 0.15) is 0 Å². The molecule has 2 aliphatic rings. The summed E-state index contributed by atoms with van der Waals surface area (Å²) < 4.78 is 12.0. The lowest BCUT2D eigenvalue weighted by molar-refractivity contribution is -0.0956. The van der Waals surface area contributed by atoms with Crippen molar-refractivity contribution in [1.29, 1.82) is 0 Å². The number of ether oxygens (including phenoxy) is 2. The van der Waals surface area contributed by atoms with Crippen molar-refractivity contribution in [2.75, 3.05) is 26.3 Å². The number of amides is 1. The molecule has 2 saturated heterocycles. The van der Waals surface area contributed by atoms with E-state index in [2.05, 4.69) is 22.6 Å². The van der Waals surface area contributed by atoms with Crippen LogP contribution in [0.2, 0.25) is 5.02 Å². The number of hydrogen-bond donors (Lipinski definition) is 0. The molecule has 0 saturated carbocycles. The number of carbonyl (C=O) groups is 1. The van der Waals surface area contributed by atoms with Gasteiger partial charge in [0.2, 0.25) is 0 Å². The Labute approximate surface area is 142 Å². The Morgan fingerprint density at radius 1 is 1.24 bits per heavy atom. The standard InChI is InChI=1S/C15H17ClINO3/c16-12-2-1-11(9-13(12)17)14(19)18-5-3-10(4-6-18)15-20-7-8-21-15/h1-2,9-10,15H,3-8H2. The molecule has 6 heteroatoms. The van der Waals surface area contributed by atoms with Gasteiger partial charge in [-0.25, -0.2) is 0 Å². The van der Waals surface area contributed by atoms with Crippen LogP contribution in [-0.2, 0) is 9.47 Å². The van der Waals surface area contributed by atoms with Gasteiger partial charge in [-0.2, -0.15) is 0 Å². The molecule has 1 amide bonds. The molecular weight excluding hydrogens is 405 g/mol. The molecule has 3 rings (SSSR count). The van der Waals surface area contributed by atoms with Gasteiger partial charge in [-0.15, -0.1) is 0 Å². The Morgan fingerprint density at radius 2 is 1.90 bits per heavy atom. The largest absolute Gasteiger partial charge is 0.350 e. The number of carbonyl (C=O) groups excluding carboxylic acids is 1. The third-order valence-electron chi connectivity index (χ3n) is 4.03. The minimum absolute atomic E-state index is 0.0706. The molecule has 2 aliphatic heterocycles. The fourth-order valence-electron chi connectivity index (χ4n) is 2.84. The molecule has 2 heterocycles. The van der Waals surface area contributed by atoms with Crippen LogP contribution in [0.1, 0.15) is 23.2 Å². The third-order valence-corrected chi connectivity index (χ3v) is 5.57. The van der Waals surface area contributed by atoms with E-state index in [1.807, 2.05) is 11.0 Å². The Balaban J connectivity index is 1.60. The topological polar surface area (TPSA) is 38.8 Å². The summed E-state index contributed by atoms with van der Waals surface area (Å²) in [7, 11) is 0. The van der Waals surface area contributed by atoms with E-state index in [0.717, 1.165) is 29.5 Å². The first-order chi connectivity index (χ1) is 10.1. The van der Waals surface area contributed by atoms with Gasteiger partial charge in [0.05, 0.1) is 18.2 Å². The Bertz CT molecular complexity index is 526. The van der Waals surface area contributed by atoms with Gasteiger partial charge in [0.25, 0.3) is 5.91 Å². The van der Waals surface area contributed by atoms with E-state index in [0.29, 0.717) is 29.7 Å². The zero-order valence-corrected chi connectivity index (χ0v) is 14.5. The predicted octanol–water partition coefficient (Wildman–Crippen LogP) is 3.17. The lowest BCUT2D eigenvalue weighted by atomic mass is 9.95. The summed E-state index contributed by atoms with van der Waals surface area (Å²) in [4.78, 5) is 14.4. The molecule has 0 aromatic heterocycles. The fourth-order valence-corrected chi connectivity index (χ4v) is 3.47.